The summed E-state index contributed by atoms with van der Waals surface area (Å²) in [5, 5.41) is 30.7. The Kier molecular flexibility index (Phi) is 5.12. The van der Waals surface area contributed by atoms with Crippen LogP contribution in [0.1, 0.15) is 0 Å². The molecular formula is C21H17N5O3. The third-order valence-corrected chi connectivity index (χ3v) is 4.32. The largest absolute Gasteiger partial charge is 0.595 e. The minimum Gasteiger partial charge on any atom is -0.595 e. The van der Waals surface area contributed by atoms with E-state index in [-0.39, 0.29) is 16.9 Å². The Balaban J connectivity index is 1.84. The van der Waals surface area contributed by atoms with Gasteiger partial charge in [0, 0.05) is 17.7 Å². The smallest absolute Gasteiger partial charge is 0.299 e. The molecule has 144 valence electrons. The van der Waals surface area contributed by atoms with Gasteiger partial charge in [-0.05, 0) is 36.4 Å². The number of quaternary nitrogens is 1. The van der Waals surface area contributed by atoms with Crippen molar-refractivity contribution in [1.29, 1.82) is 0 Å². The van der Waals surface area contributed by atoms with Crippen molar-refractivity contribution in [2.75, 3.05) is 0 Å². The summed E-state index contributed by atoms with van der Waals surface area (Å²) in [5.74, 6) is 0. The van der Waals surface area contributed by atoms with Crippen molar-refractivity contribution in [3.05, 3.63) is 100 Å². The van der Waals surface area contributed by atoms with Crippen molar-refractivity contribution < 1.29 is 10.4 Å². The van der Waals surface area contributed by atoms with Gasteiger partial charge in [-0.3, -0.25) is 9.89 Å². The lowest BCUT2D eigenvalue weighted by Gasteiger charge is -2.11. The first-order valence-electron chi connectivity index (χ1n) is 8.84. The van der Waals surface area contributed by atoms with Crippen LogP contribution in [0.2, 0.25) is 0 Å². The predicted octanol–water partition coefficient (Wildman–Crippen LogP) is 3.65. The second-order valence-electron chi connectivity index (χ2n) is 6.23. The fourth-order valence-corrected chi connectivity index (χ4v) is 2.86. The second kappa shape index (κ2) is 8.03. The van der Waals surface area contributed by atoms with Crippen molar-refractivity contribution in [2.45, 2.75) is 0 Å². The fourth-order valence-electron chi connectivity index (χ4n) is 2.86. The number of aromatic nitrogens is 2. The van der Waals surface area contributed by atoms with Crippen LogP contribution in [0, 0.1) is 5.21 Å². The van der Waals surface area contributed by atoms with Crippen molar-refractivity contribution in [3.8, 4) is 16.9 Å². The molecule has 4 rings (SSSR count). The molecule has 0 spiro atoms. The number of para-hydroxylation sites is 1. The molecular weight excluding hydrogens is 370 g/mol. The first kappa shape index (κ1) is 18.5. The molecule has 0 saturated carbocycles. The zero-order chi connectivity index (χ0) is 20.2. The molecule has 4 aromatic rings. The normalized spacial score (nSPS) is 12.3. The van der Waals surface area contributed by atoms with E-state index in [9.17, 15) is 10.0 Å². The minimum absolute atomic E-state index is 0.140. The first-order chi connectivity index (χ1) is 14.1. The molecule has 29 heavy (non-hydrogen) atoms. The molecule has 1 atom stereocenters. The summed E-state index contributed by atoms with van der Waals surface area (Å²) in [5.41, 5.74) is 2.30. The molecule has 3 aromatic carbocycles. The van der Waals surface area contributed by atoms with Crippen LogP contribution in [0.5, 0.6) is 0 Å². The molecule has 0 aliphatic carbocycles. The number of aromatic amines is 1. The quantitative estimate of drug-likeness (QED) is 0.359. The van der Waals surface area contributed by atoms with Gasteiger partial charge in [0.05, 0.1) is 17.1 Å². The minimum atomic E-state index is -1.02. The van der Waals surface area contributed by atoms with Gasteiger partial charge in [-0.25, -0.2) is 9.89 Å². The maximum absolute atomic E-state index is 13.0. The summed E-state index contributed by atoms with van der Waals surface area (Å²) in [7, 11) is 0. The molecule has 8 heteroatoms. The van der Waals surface area contributed by atoms with Gasteiger partial charge in [0.25, 0.3) is 5.56 Å². The summed E-state index contributed by atoms with van der Waals surface area (Å²) >= 11 is 0. The van der Waals surface area contributed by atoms with E-state index >= 15 is 0 Å². The van der Waals surface area contributed by atoms with Gasteiger partial charge >= 0.3 is 0 Å². The number of azo groups is 1. The van der Waals surface area contributed by atoms with Gasteiger partial charge in [-0.1, -0.05) is 36.4 Å². The van der Waals surface area contributed by atoms with Gasteiger partial charge in [-0.15, -0.1) is 5.11 Å². The zero-order valence-electron chi connectivity index (χ0n) is 15.2. The number of hydrogen-bond acceptors (Lipinski definition) is 5. The molecule has 0 aliphatic rings. The Morgan fingerprint density at radius 1 is 0.862 bits per heavy atom. The average molecular weight is 387 g/mol. The lowest BCUT2D eigenvalue weighted by atomic mass is 10.1. The maximum atomic E-state index is 13.0. The zero-order valence-corrected chi connectivity index (χ0v) is 15.2. The molecule has 1 aromatic heterocycles. The van der Waals surface area contributed by atoms with E-state index in [1.165, 1.54) is 16.8 Å². The van der Waals surface area contributed by atoms with Crippen LogP contribution in [-0.2, 0) is 0 Å². The van der Waals surface area contributed by atoms with E-state index in [0.717, 1.165) is 0 Å². The first-order valence-corrected chi connectivity index (χ1v) is 8.84. The van der Waals surface area contributed by atoms with E-state index in [1.807, 2.05) is 36.4 Å². The molecule has 0 saturated heterocycles. The van der Waals surface area contributed by atoms with Crippen LogP contribution in [0.3, 0.4) is 0 Å². The van der Waals surface area contributed by atoms with Gasteiger partial charge in [0.2, 0.25) is 0 Å². The van der Waals surface area contributed by atoms with Crippen LogP contribution >= 0.6 is 0 Å². The van der Waals surface area contributed by atoms with Crippen LogP contribution in [0.4, 0.5) is 17.1 Å². The standard InChI is InChI=1S/C21H17N5O3/c27-21-20(23-22-16-7-3-1-4-8-16)19(15-11-13-18(14-12-15)26(28)29)24-25(21)17-9-5-2-6-10-17/h1-14,24,26,28H. The lowest BCUT2D eigenvalue weighted by molar-refractivity contribution is -0.991. The van der Waals surface area contributed by atoms with Gasteiger partial charge < -0.3 is 5.21 Å². The van der Waals surface area contributed by atoms with Crippen molar-refractivity contribution in [2.24, 2.45) is 10.2 Å². The number of H-pyrrole nitrogens is 1. The van der Waals surface area contributed by atoms with Gasteiger partial charge in [0.15, 0.2) is 11.4 Å². The Hall–Kier alpha value is -3.85. The summed E-state index contributed by atoms with van der Waals surface area (Å²) in [6.45, 7) is 0. The van der Waals surface area contributed by atoms with Crippen LogP contribution < -0.4 is 10.8 Å². The highest BCUT2D eigenvalue weighted by atomic mass is 16.8. The van der Waals surface area contributed by atoms with E-state index in [1.54, 1.807) is 36.4 Å². The highest BCUT2D eigenvalue weighted by Gasteiger charge is 2.17. The van der Waals surface area contributed by atoms with E-state index < -0.39 is 5.23 Å². The van der Waals surface area contributed by atoms with Gasteiger partial charge in [-0.2, -0.15) is 10.3 Å². The molecule has 1 unspecified atom stereocenters. The van der Waals surface area contributed by atoms with Crippen LogP contribution in [0.15, 0.2) is 100.0 Å². The monoisotopic (exact) mass is 387 g/mol. The summed E-state index contributed by atoms with van der Waals surface area (Å²) in [6.07, 6.45) is 0. The molecule has 8 nitrogen and oxygen atoms in total. The van der Waals surface area contributed by atoms with Crippen LogP contribution in [-0.4, -0.2) is 15.0 Å². The number of nitrogens with one attached hydrogen (secondary N) is 2. The summed E-state index contributed by atoms with van der Waals surface area (Å²) in [4.78, 5) is 13.0. The highest BCUT2D eigenvalue weighted by Crippen LogP contribution is 2.28. The van der Waals surface area contributed by atoms with Gasteiger partial charge in [0.1, 0.15) is 0 Å². The Labute approximate surface area is 165 Å². The van der Waals surface area contributed by atoms with Crippen LogP contribution in [0.25, 0.3) is 16.9 Å². The van der Waals surface area contributed by atoms with Crippen molar-refractivity contribution >= 4 is 17.1 Å². The fraction of sp³-hybridized carbons (Fsp3) is 0. The third kappa shape index (κ3) is 3.90. The number of nitrogens with zero attached hydrogens (tertiary/aromatic N) is 3. The molecule has 0 fully saturated rings. The molecule has 3 N–H and O–H groups in total. The topological polar surface area (TPSA) is 110 Å². The molecule has 0 amide bonds. The second-order valence-corrected chi connectivity index (χ2v) is 6.23. The number of benzene rings is 3. The Morgan fingerprint density at radius 3 is 2.10 bits per heavy atom. The molecule has 0 radical (unpaired) electrons. The Bertz CT molecular complexity index is 1180. The highest BCUT2D eigenvalue weighted by molar-refractivity contribution is 5.72. The van der Waals surface area contributed by atoms with E-state index in [0.29, 0.717) is 22.6 Å². The maximum Gasteiger partial charge on any atom is 0.299 e. The summed E-state index contributed by atoms with van der Waals surface area (Å²) < 4.78 is 1.39. The lowest BCUT2D eigenvalue weighted by Crippen LogP contribution is -2.99. The molecule has 1 heterocycles. The predicted molar refractivity (Wildman–Crippen MR) is 108 cm³/mol. The molecule has 0 aliphatic heterocycles. The Morgan fingerprint density at radius 2 is 1.48 bits per heavy atom. The molecule has 0 bridgehead atoms. The van der Waals surface area contributed by atoms with Crippen molar-refractivity contribution in [3.63, 3.8) is 0 Å². The number of hydrogen-bond donors (Lipinski definition) is 3. The average Bonchev–Trinajstić information content (AvgIpc) is 3.10. The summed E-state index contributed by atoms with van der Waals surface area (Å²) in [6, 6.07) is 24.4. The third-order valence-electron chi connectivity index (χ3n) is 4.32. The number of rotatable bonds is 5. The SMILES string of the molecule is O=c1c(N=Nc2ccccc2)c(-c2ccc([NH+]([O-])O)cc2)[nH]n1-c1ccccc1. The van der Waals surface area contributed by atoms with Crippen molar-refractivity contribution in [1.82, 2.24) is 9.78 Å². The van der Waals surface area contributed by atoms with E-state index in [2.05, 4.69) is 15.3 Å². The van der Waals surface area contributed by atoms with E-state index in [4.69, 9.17) is 5.21 Å².